The smallest absolute Gasteiger partial charge is 0.213 e. The fourth-order valence-corrected chi connectivity index (χ4v) is 0.980. The fourth-order valence-electron chi connectivity index (χ4n) is 0.980. The summed E-state index contributed by atoms with van der Waals surface area (Å²) in [6.45, 7) is 2.96. The van der Waals surface area contributed by atoms with E-state index in [-0.39, 0.29) is 6.04 Å². The first kappa shape index (κ1) is 9.95. The first-order chi connectivity index (χ1) is 6.27. The predicted octanol–water partition coefficient (Wildman–Crippen LogP) is 0.439. The van der Waals surface area contributed by atoms with Crippen molar-refractivity contribution in [3.63, 3.8) is 0 Å². The summed E-state index contributed by atoms with van der Waals surface area (Å²) in [5, 5.41) is 0. The highest BCUT2D eigenvalue weighted by molar-refractivity contribution is 5.20. The van der Waals surface area contributed by atoms with E-state index in [4.69, 9.17) is 16.2 Å². The van der Waals surface area contributed by atoms with Gasteiger partial charge in [0.05, 0.1) is 6.61 Å². The number of aromatic nitrogens is 1. The highest BCUT2D eigenvalue weighted by Crippen LogP contribution is 2.11. The molecule has 72 valence electrons. The molecule has 0 bridgehead atoms. The largest absolute Gasteiger partial charge is 0.478 e. The van der Waals surface area contributed by atoms with Gasteiger partial charge in [-0.3, -0.25) is 0 Å². The molecule has 0 saturated carbocycles. The van der Waals surface area contributed by atoms with Crippen LogP contribution in [0.3, 0.4) is 0 Å². The number of ether oxygens (including phenoxy) is 1. The third kappa shape index (κ3) is 2.68. The molecule has 1 aromatic heterocycles. The number of hydrogen-bond donors (Lipinski definition) is 2. The van der Waals surface area contributed by atoms with Gasteiger partial charge >= 0.3 is 0 Å². The summed E-state index contributed by atoms with van der Waals surface area (Å²) in [5.41, 5.74) is 12.1. The fraction of sp³-hybridized carbons (Fsp3) is 0.444. The second kappa shape index (κ2) is 4.79. The average Bonchev–Trinajstić information content (AvgIpc) is 2.18. The minimum absolute atomic E-state index is 0.136. The van der Waals surface area contributed by atoms with Crippen LogP contribution in [0.5, 0.6) is 5.88 Å². The topological polar surface area (TPSA) is 74.2 Å². The van der Waals surface area contributed by atoms with Crippen molar-refractivity contribution in [2.24, 2.45) is 11.5 Å². The Kier molecular flexibility index (Phi) is 3.67. The van der Waals surface area contributed by atoms with Gasteiger partial charge in [0.15, 0.2) is 0 Å². The lowest BCUT2D eigenvalue weighted by Crippen LogP contribution is -2.20. The van der Waals surface area contributed by atoms with Crippen LogP contribution < -0.4 is 16.2 Å². The Morgan fingerprint density at radius 2 is 2.31 bits per heavy atom. The number of nitrogens with two attached hydrogens (primary N) is 2. The van der Waals surface area contributed by atoms with Gasteiger partial charge in [-0.2, -0.15) is 0 Å². The summed E-state index contributed by atoms with van der Waals surface area (Å²) in [7, 11) is 0. The minimum Gasteiger partial charge on any atom is -0.478 e. The summed E-state index contributed by atoms with van der Waals surface area (Å²) < 4.78 is 5.19. The van der Waals surface area contributed by atoms with Crippen LogP contribution in [0.25, 0.3) is 0 Å². The van der Waals surface area contributed by atoms with Gasteiger partial charge in [-0.1, -0.05) is 6.07 Å². The van der Waals surface area contributed by atoms with Gasteiger partial charge in [0.2, 0.25) is 5.88 Å². The first-order valence-electron chi connectivity index (χ1n) is 4.32. The number of rotatable bonds is 4. The molecule has 0 aromatic carbocycles. The quantitative estimate of drug-likeness (QED) is 0.706. The SMILES string of the molecule is CCOc1ccc([C@H](N)CN)cn1. The summed E-state index contributed by atoms with van der Waals surface area (Å²) in [4.78, 5) is 4.08. The van der Waals surface area contributed by atoms with Crippen molar-refractivity contribution in [2.75, 3.05) is 13.2 Å². The monoisotopic (exact) mass is 181 g/mol. The van der Waals surface area contributed by atoms with E-state index in [2.05, 4.69) is 4.98 Å². The van der Waals surface area contributed by atoms with Gasteiger partial charge in [0.25, 0.3) is 0 Å². The molecule has 0 radical (unpaired) electrons. The molecule has 0 saturated heterocycles. The summed E-state index contributed by atoms with van der Waals surface area (Å²) in [6, 6.07) is 3.55. The molecule has 0 fully saturated rings. The number of pyridine rings is 1. The Morgan fingerprint density at radius 3 is 2.77 bits per heavy atom. The molecular weight excluding hydrogens is 166 g/mol. The number of nitrogens with zero attached hydrogens (tertiary/aromatic N) is 1. The lowest BCUT2D eigenvalue weighted by molar-refractivity contribution is 0.326. The molecule has 1 heterocycles. The molecule has 1 rings (SSSR count). The lowest BCUT2D eigenvalue weighted by Gasteiger charge is -2.08. The van der Waals surface area contributed by atoms with Gasteiger partial charge in [-0.15, -0.1) is 0 Å². The maximum absolute atomic E-state index is 5.71. The van der Waals surface area contributed by atoms with Gasteiger partial charge < -0.3 is 16.2 Å². The Morgan fingerprint density at radius 1 is 1.54 bits per heavy atom. The van der Waals surface area contributed by atoms with Gasteiger partial charge in [-0.05, 0) is 12.5 Å². The third-order valence-corrected chi connectivity index (χ3v) is 1.73. The molecule has 13 heavy (non-hydrogen) atoms. The summed E-state index contributed by atoms with van der Waals surface area (Å²) >= 11 is 0. The van der Waals surface area contributed by atoms with Gasteiger partial charge in [-0.25, -0.2) is 4.98 Å². The Balaban J connectivity index is 2.69. The highest BCUT2D eigenvalue weighted by Gasteiger charge is 2.03. The van der Waals surface area contributed by atoms with Crippen molar-refractivity contribution in [1.29, 1.82) is 0 Å². The maximum Gasteiger partial charge on any atom is 0.213 e. The molecule has 0 unspecified atom stereocenters. The zero-order valence-electron chi connectivity index (χ0n) is 7.73. The van der Waals surface area contributed by atoms with E-state index >= 15 is 0 Å². The third-order valence-electron chi connectivity index (χ3n) is 1.73. The zero-order valence-corrected chi connectivity index (χ0v) is 7.73. The van der Waals surface area contributed by atoms with E-state index in [1.807, 2.05) is 13.0 Å². The molecule has 0 spiro atoms. The van der Waals surface area contributed by atoms with Crippen LogP contribution >= 0.6 is 0 Å². The molecule has 1 aromatic rings. The average molecular weight is 181 g/mol. The highest BCUT2D eigenvalue weighted by atomic mass is 16.5. The van der Waals surface area contributed by atoms with E-state index in [9.17, 15) is 0 Å². The van der Waals surface area contributed by atoms with E-state index in [1.165, 1.54) is 0 Å². The normalized spacial score (nSPS) is 12.5. The minimum atomic E-state index is -0.136. The van der Waals surface area contributed by atoms with Crippen molar-refractivity contribution in [3.8, 4) is 5.88 Å². The van der Waals surface area contributed by atoms with E-state index in [0.29, 0.717) is 19.0 Å². The molecular formula is C9H15N3O. The number of hydrogen-bond acceptors (Lipinski definition) is 4. The molecule has 0 aliphatic rings. The van der Waals surface area contributed by atoms with Crippen LogP contribution in [0.15, 0.2) is 18.3 Å². The standard InChI is InChI=1S/C9H15N3O/c1-2-13-9-4-3-7(6-12-9)8(11)5-10/h3-4,6,8H,2,5,10-11H2,1H3/t8-/m1/s1. The van der Waals surface area contributed by atoms with Crippen molar-refractivity contribution >= 4 is 0 Å². The van der Waals surface area contributed by atoms with Crippen molar-refractivity contribution in [1.82, 2.24) is 4.98 Å². The summed E-state index contributed by atoms with van der Waals surface area (Å²) in [6.07, 6.45) is 1.70. The zero-order chi connectivity index (χ0) is 9.68. The Labute approximate surface area is 77.9 Å². The van der Waals surface area contributed by atoms with Gasteiger partial charge in [0, 0.05) is 24.8 Å². The Bertz CT molecular complexity index is 248. The molecule has 0 aliphatic carbocycles. The molecule has 1 atom stereocenters. The lowest BCUT2D eigenvalue weighted by atomic mass is 10.1. The molecule has 4 N–H and O–H groups in total. The van der Waals surface area contributed by atoms with Crippen LogP contribution in [0.1, 0.15) is 18.5 Å². The van der Waals surface area contributed by atoms with E-state index < -0.39 is 0 Å². The summed E-state index contributed by atoms with van der Waals surface area (Å²) in [5.74, 6) is 0.621. The Hall–Kier alpha value is -1.13. The van der Waals surface area contributed by atoms with Crippen LogP contribution in [0.2, 0.25) is 0 Å². The predicted molar refractivity (Wildman–Crippen MR) is 51.4 cm³/mol. The van der Waals surface area contributed by atoms with Crippen LogP contribution in [0, 0.1) is 0 Å². The van der Waals surface area contributed by atoms with Crippen molar-refractivity contribution in [2.45, 2.75) is 13.0 Å². The second-order valence-electron chi connectivity index (χ2n) is 2.70. The van der Waals surface area contributed by atoms with E-state index in [0.717, 1.165) is 5.56 Å². The van der Waals surface area contributed by atoms with Crippen LogP contribution in [-0.4, -0.2) is 18.1 Å². The molecule has 4 nitrogen and oxygen atoms in total. The first-order valence-corrected chi connectivity index (χ1v) is 4.32. The van der Waals surface area contributed by atoms with Crippen molar-refractivity contribution in [3.05, 3.63) is 23.9 Å². The maximum atomic E-state index is 5.71. The van der Waals surface area contributed by atoms with Crippen LogP contribution in [-0.2, 0) is 0 Å². The van der Waals surface area contributed by atoms with Crippen molar-refractivity contribution < 1.29 is 4.74 Å². The molecule has 4 heteroatoms. The van der Waals surface area contributed by atoms with Gasteiger partial charge in [0.1, 0.15) is 0 Å². The van der Waals surface area contributed by atoms with Crippen LogP contribution in [0.4, 0.5) is 0 Å². The molecule has 0 aliphatic heterocycles. The van der Waals surface area contributed by atoms with E-state index in [1.54, 1.807) is 12.3 Å². The molecule has 0 amide bonds. The second-order valence-corrected chi connectivity index (χ2v) is 2.70.